The van der Waals surface area contributed by atoms with E-state index < -0.39 is 0 Å². The number of benzene rings is 4. The highest BCUT2D eigenvalue weighted by atomic mass is 16.5. The van der Waals surface area contributed by atoms with Crippen LogP contribution in [0.3, 0.4) is 0 Å². The van der Waals surface area contributed by atoms with Crippen molar-refractivity contribution in [2.75, 3.05) is 6.61 Å². The van der Waals surface area contributed by atoms with Crippen LogP contribution in [-0.2, 0) is 13.2 Å². The molecule has 0 atom stereocenters. The Kier molecular flexibility index (Phi) is 6.22. The largest absolute Gasteiger partial charge is 0.491 e. The molecule has 172 valence electrons. The summed E-state index contributed by atoms with van der Waals surface area (Å²) in [7, 11) is 0. The zero-order valence-electron chi connectivity index (χ0n) is 20.0. The van der Waals surface area contributed by atoms with Crippen LogP contribution in [0.5, 0.6) is 11.5 Å². The molecule has 5 rings (SSSR count). The minimum atomic E-state index is 0.392. The molecule has 1 heterocycles. The van der Waals surface area contributed by atoms with E-state index >= 15 is 0 Å². The maximum Gasteiger partial charge on any atom is 0.148 e. The van der Waals surface area contributed by atoms with Gasteiger partial charge in [-0.15, -0.1) is 0 Å². The second-order valence-corrected chi connectivity index (χ2v) is 8.98. The summed E-state index contributed by atoms with van der Waals surface area (Å²) >= 11 is 0. The number of para-hydroxylation sites is 2. The fraction of sp³-hybridized carbons (Fsp3) is 0.233. The van der Waals surface area contributed by atoms with Crippen molar-refractivity contribution in [3.05, 3.63) is 102 Å². The van der Waals surface area contributed by atoms with Crippen LogP contribution in [0.25, 0.3) is 21.8 Å². The van der Waals surface area contributed by atoms with Crippen LogP contribution < -0.4 is 9.47 Å². The molecule has 0 spiro atoms. The number of aryl methyl sites for hydroxylation is 1. The lowest BCUT2D eigenvalue weighted by Gasteiger charge is -2.16. The van der Waals surface area contributed by atoms with Gasteiger partial charge in [0.25, 0.3) is 0 Å². The number of rotatable bonds is 8. The van der Waals surface area contributed by atoms with Crippen molar-refractivity contribution >= 4 is 21.8 Å². The van der Waals surface area contributed by atoms with E-state index in [-0.39, 0.29) is 0 Å². The van der Waals surface area contributed by atoms with Crippen molar-refractivity contribution in [3.8, 4) is 11.5 Å². The summed E-state index contributed by atoms with van der Waals surface area (Å²) in [6, 6.07) is 29.1. The molecule has 0 fully saturated rings. The lowest BCUT2D eigenvalue weighted by atomic mass is 10.0. The topological polar surface area (TPSA) is 36.3 Å². The Hall–Kier alpha value is -3.79. The summed E-state index contributed by atoms with van der Waals surface area (Å²) in [6.07, 6.45) is 0. The molecule has 34 heavy (non-hydrogen) atoms. The van der Waals surface area contributed by atoms with Crippen LogP contribution in [-0.4, -0.2) is 16.2 Å². The first kappa shape index (κ1) is 22.0. The summed E-state index contributed by atoms with van der Waals surface area (Å²) in [5, 5.41) is 2.31. The molecular formula is C30H30N2O2. The summed E-state index contributed by atoms with van der Waals surface area (Å²) in [5.74, 6) is 3.13. The van der Waals surface area contributed by atoms with Crippen LogP contribution in [0.4, 0.5) is 0 Å². The molecule has 0 N–H and O–H groups in total. The predicted octanol–water partition coefficient (Wildman–Crippen LogP) is 7.28. The first-order chi connectivity index (χ1) is 16.6. The summed E-state index contributed by atoms with van der Waals surface area (Å²) in [4.78, 5) is 4.88. The van der Waals surface area contributed by atoms with Gasteiger partial charge in [-0.05, 0) is 53.6 Å². The molecule has 0 saturated carbocycles. The van der Waals surface area contributed by atoms with Crippen molar-refractivity contribution in [3.63, 3.8) is 0 Å². The second-order valence-electron chi connectivity index (χ2n) is 8.98. The highest BCUT2D eigenvalue weighted by Gasteiger charge is 2.14. The van der Waals surface area contributed by atoms with Gasteiger partial charge in [-0.3, -0.25) is 0 Å². The maximum absolute atomic E-state index is 6.33. The van der Waals surface area contributed by atoms with Crippen LogP contribution in [0.1, 0.15) is 36.7 Å². The molecule has 0 aliphatic carbocycles. The van der Waals surface area contributed by atoms with Crippen molar-refractivity contribution in [2.45, 2.75) is 39.8 Å². The summed E-state index contributed by atoms with van der Waals surface area (Å²) in [6.45, 7) is 8.12. The summed E-state index contributed by atoms with van der Waals surface area (Å²) in [5.41, 5.74) is 4.47. The van der Waals surface area contributed by atoms with Gasteiger partial charge in [0.15, 0.2) is 0 Å². The molecule has 4 aromatic carbocycles. The number of hydrogen-bond acceptors (Lipinski definition) is 3. The van der Waals surface area contributed by atoms with Gasteiger partial charge in [0.2, 0.25) is 0 Å². The van der Waals surface area contributed by atoms with E-state index in [1.165, 1.54) is 16.5 Å². The van der Waals surface area contributed by atoms with Crippen LogP contribution in [0, 0.1) is 6.92 Å². The number of imidazole rings is 1. The van der Waals surface area contributed by atoms with Crippen molar-refractivity contribution in [1.29, 1.82) is 0 Å². The highest BCUT2D eigenvalue weighted by molar-refractivity contribution is 5.88. The fourth-order valence-electron chi connectivity index (χ4n) is 4.44. The van der Waals surface area contributed by atoms with Gasteiger partial charge in [-0.2, -0.15) is 0 Å². The zero-order valence-corrected chi connectivity index (χ0v) is 20.0. The third kappa shape index (κ3) is 4.49. The van der Waals surface area contributed by atoms with E-state index in [1.54, 1.807) is 0 Å². The van der Waals surface area contributed by atoms with Gasteiger partial charge < -0.3 is 14.0 Å². The molecule has 4 heteroatoms. The molecule has 5 aromatic rings. The third-order valence-electron chi connectivity index (χ3n) is 6.20. The van der Waals surface area contributed by atoms with Crippen molar-refractivity contribution < 1.29 is 9.47 Å². The zero-order chi connectivity index (χ0) is 23.5. The van der Waals surface area contributed by atoms with E-state index in [2.05, 4.69) is 73.9 Å². The number of aromatic nitrogens is 2. The first-order valence-corrected chi connectivity index (χ1v) is 11.9. The molecule has 0 radical (unpaired) electrons. The van der Waals surface area contributed by atoms with E-state index in [0.717, 1.165) is 33.7 Å². The lowest BCUT2D eigenvalue weighted by molar-refractivity contribution is 0.271. The molecule has 0 unspecified atom stereocenters. The van der Waals surface area contributed by atoms with E-state index in [0.29, 0.717) is 25.7 Å². The smallest absolute Gasteiger partial charge is 0.148 e. The Morgan fingerprint density at radius 3 is 2.50 bits per heavy atom. The minimum Gasteiger partial charge on any atom is -0.491 e. The van der Waals surface area contributed by atoms with Gasteiger partial charge in [-0.1, -0.05) is 74.5 Å². The second kappa shape index (κ2) is 9.60. The number of nitrogens with zero attached hydrogens (tertiary/aromatic N) is 2. The Morgan fingerprint density at radius 2 is 1.62 bits per heavy atom. The fourth-order valence-corrected chi connectivity index (χ4v) is 4.44. The SMILES string of the molecule is Cc1ccc(C(C)C)c(OCc2nc3ccccc3n2CCOc2cccc3ccccc23)c1. The average molecular weight is 451 g/mol. The van der Waals surface area contributed by atoms with Crippen LogP contribution in [0.2, 0.25) is 0 Å². The Bertz CT molecular complexity index is 1430. The monoisotopic (exact) mass is 450 g/mol. The van der Waals surface area contributed by atoms with Crippen molar-refractivity contribution in [2.24, 2.45) is 0 Å². The van der Waals surface area contributed by atoms with Gasteiger partial charge in [0.05, 0.1) is 17.6 Å². The van der Waals surface area contributed by atoms with E-state index in [1.807, 2.05) is 36.4 Å². The van der Waals surface area contributed by atoms with Crippen LogP contribution in [0.15, 0.2) is 84.9 Å². The minimum absolute atomic E-state index is 0.392. The van der Waals surface area contributed by atoms with Gasteiger partial charge >= 0.3 is 0 Å². The average Bonchev–Trinajstić information content (AvgIpc) is 3.20. The van der Waals surface area contributed by atoms with Gasteiger partial charge in [-0.25, -0.2) is 4.98 Å². The maximum atomic E-state index is 6.33. The standard InChI is InChI=1S/C30H30N2O2/c1-21(2)24-16-15-22(3)19-29(24)34-20-30-31-26-12-6-7-13-27(26)32(30)17-18-33-28-14-8-10-23-9-4-5-11-25(23)28/h4-16,19,21H,17-18,20H2,1-3H3. The molecule has 4 nitrogen and oxygen atoms in total. The molecule has 0 amide bonds. The number of fused-ring (bicyclic) bond motifs is 2. The Labute approximate surface area is 200 Å². The Balaban J connectivity index is 1.38. The van der Waals surface area contributed by atoms with Gasteiger partial charge in [0, 0.05) is 5.39 Å². The molecule has 0 saturated heterocycles. The molecule has 0 aliphatic heterocycles. The van der Waals surface area contributed by atoms with E-state index in [4.69, 9.17) is 14.5 Å². The van der Waals surface area contributed by atoms with Crippen molar-refractivity contribution in [1.82, 2.24) is 9.55 Å². The Morgan fingerprint density at radius 1 is 0.824 bits per heavy atom. The summed E-state index contributed by atoms with van der Waals surface area (Å²) < 4.78 is 14.8. The molecule has 1 aromatic heterocycles. The normalized spacial score (nSPS) is 11.4. The molecular weight excluding hydrogens is 420 g/mol. The van der Waals surface area contributed by atoms with E-state index in [9.17, 15) is 0 Å². The lowest BCUT2D eigenvalue weighted by Crippen LogP contribution is -2.13. The van der Waals surface area contributed by atoms with Gasteiger partial charge in [0.1, 0.15) is 30.5 Å². The first-order valence-electron chi connectivity index (χ1n) is 11.9. The molecule has 0 aliphatic rings. The predicted molar refractivity (Wildman–Crippen MR) is 139 cm³/mol. The number of hydrogen-bond donors (Lipinski definition) is 0. The third-order valence-corrected chi connectivity index (χ3v) is 6.20. The highest BCUT2D eigenvalue weighted by Crippen LogP contribution is 2.29. The number of ether oxygens (including phenoxy) is 2. The van der Waals surface area contributed by atoms with Crippen LogP contribution >= 0.6 is 0 Å². The molecule has 0 bridgehead atoms. The quantitative estimate of drug-likeness (QED) is 0.249.